The summed E-state index contributed by atoms with van der Waals surface area (Å²) in [6.45, 7) is 1.70. The summed E-state index contributed by atoms with van der Waals surface area (Å²) in [5.74, 6) is -1.34. The summed E-state index contributed by atoms with van der Waals surface area (Å²) >= 11 is 0. The summed E-state index contributed by atoms with van der Waals surface area (Å²) < 4.78 is 11.9. The molecule has 0 aliphatic carbocycles. The Bertz CT molecular complexity index is 485. The van der Waals surface area contributed by atoms with Crippen LogP contribution in [0.1, 0.15) is 10.5 Å². The fourth-order valence-electron chi connectivity index (χ4n) is 2.19. The number of carbonyl (C=O) groups excluding carboxylic acids is 1. The Morgan fingerprint density at radius 1 is 1.55 bits per heavy atom. The van der Waals surface area contributed by atoms with Crippen molar-refractivity contribution in [3.05, 3.63) is 24.0 Å². The monoisotopic (exact) mass is 282 g/mol. The van der Waals surface area contributed by atoms with Gasteiger partial charge in [-0.2, -0.15) is 0 Å². The lowest BCUT2D eigenvalue weighted by atomic mass is 10.2. The van der Waals surface area contributed by atoms with Gasteiger partial charge in [-0.15, -0.1) is 0 Å². The predicted octanol–water partition coefficient (Wildman–Crippen LogP) is 0.0601. The molecule has 110 valence electrons. The SMILES string of the molecule is COCCn1cccc1C(=O)N1CCOCC1C(=O)O. The second-order valence-corrected chi connectivity index (χ2v) is 4.51. The molecule has 1 aliphatic heterocycles. The predicted molar refractivity (Wildman–Crippen MR) is 69.6 cm³/mol. The minimum absolute atomic E-state index is 0.0276. The normalized spacial score (nSPS) is 19.1. The molecule has 1 amide bonds. The van der Waals surface area contributed by atoms with Crippen LogP contribution in [0.25, 0.3) is 0 Å². The molecule has 1 aliphatic rings. The van der Waals surface area contributed by atoms with E-state index in [4.69, 9.17) is 14.6 Å². The third kappa shape index (κ3) is 3.00. The van der Waals surface area contributed by atoms with Crippen molar-refractivity contribution in [2.45, 2.75) is 12.6 Å². The van der Waals surface area contributed by atoms with E-state index in [0.717, 1.165) is 0 Å². The van der Waals surface area contributed by atoms with Crippen LogP contribution in [0.4, 0.5) is 0 Å². The number of nitrogens with zero attached hydrogens (tertiary/aromatic N) is 2. The number of morpholine rings is 1. The number of carboxylic acids is 1. The van der Waals surface area contributed by atoms with Crippen LogP contribution in [-0.4, -0.2) is 66.0 Å². The van der Waals surface area contributed by atoms with E-state index in [1.165, 1.54) is 4.90 Å². The van der Waals surface area contributed by atoms with Gasteiger partial charge in [0.15, 0.2) is 6.04 Å². The minimum Gasteiger partial charge on any atom is -0.480 e. The number of hydrogen-bond acceptors (Lipinski definition) is 4. The molecule has 2 rings (SSSR count). The highest BCUT2D eigenvalue weighted by Gasteiger charge is 2.34. The molecule has 1 aromatic heterocycles. The van der Waals surface area contributed by atoms with Crippen molar-refractivity contribution in [3.63, 3.8) is 0 Å². The summed E-state index contributed by atoms with van der Waals surface area (Å²) in [7, 11) is 1.59. The lowest BCUT2D eigenvalue weighted by molar-refractivity contribution is -0.147. The van der Waals surface area contributed by atoms with E-state index in [1.54, 1.807) is 30.0 Å². The highest BCUT2D eigenvalue weighted by molar-refractivity contribution is 5.95. The largest absolute Gasteiger partial charge is 0.480 e. The molecular formula is C13H18N2O5. The number of ether oxygens (including phenoxy) is 2. The molecule has 0 spiro atoms. The Balaban J connectivity index is 2.17. The van der Waals surface area contributed by atoms with Gasteiger partial charge in [0.05, 0.1) is 19.8 Å². The fraction of sp³-hybridized carbons (Fsp3) is 0.538. The van der Waals surface area contributed by atoms with E-state index in [0.29, 0.717) is 25.5 Å². The molecule has 20 heavy (non-hydrogen) atoms. The number of hydrogen-bond donors (Lipinski definition) is 1. The van der Waals surface area contributed by atoms with Gasteiger partial charge in [-0.05, 0) is 12.1 Å². The second-order valence-electron chi connectivity index (χ2n) is 4.51. The first-order chi connectivity index (χ1) is 9.65. The van der Waals surface area contributed by atoms with E-state index in [1.807, 2.05) is 0 Å². The summed E-state index contributed by atoms with van der Waals surface area (Å²) in [5.41, 5.74) is 0.468. The van der Waals surface area contributed by atoms with Gasteiger partial charge in [0.2, 0.25) is 0 Å². The Morgan fingerprint density at radius 3 is 3.05 bits per heavy atom. The Hall–Kier alpha value is -1.86. The van der Waals surface area contributed by atoms with Crippen molar-refractivity contribution >= 4 is 11.9 Å². The average Bonchev–Trinajstić information content (AvgIpc) is 2.92. The molecule has 0 saturated carbocycles. The van der Waals surface area contributed by atoms with Crippen molar-refractivity contribution in [2.75, 3.05) is 33.5 Å². The van der Waals surface area contributed by atoms with Gasteiger partial charge in [-0.3, -0.25) is 4.79 Å². The van der Waals surface area contributed by atoms with Crippen LogP contribution < -0.4 is 0 Å². The zero-order chi connectivity index (χ0) is 14.5. The van der Waals surface area contributed by atoms with Gasteiger partial charge in [-0.25, -0.2) is 4.79 Å². The molecule has 1 unspecified atom stereocenters. The Kier molecular flexibility index (Phi) is 4.75. The maximum atomic E-state index is 12.5. The van der Waals surface area contributed by atoms with Crippen LogP contribution in [-0.2, 0) is 20.8 Å². The Morgan fingerprint density at radius 2 is 2.35 bits per heavy atom. The number of aromatic nitrogens is 1. The van der Waals surface area contributed by atoms with E-state index in [2.05, 4.69) is 0 Å². The maximum Gasteiger partial charge on any atom is 0.328 e. The summed E-state index contributed by atoms with van der Waals surface area (Å²) in [6.07, 6.45) is 1.78. The second kappa shape index (κ2) is 6.53. The van der Waals surface area contributed by atoms with Crippen molar-refractivity contribution < 1.29 is 24.2 Å². The number of carbonyl (C=O) groups is 2. The van der Waals surface area contributed by atoms with Crippen molar-refractivity contribution in [2.24, 2.45) is 0 Å². The smallest absolute Gasteiger partial charge is 0.328 e. The van der Waals surface area contributed by atoms with Gasteiger partial charge in [0.1, 0.15) is 5.69 Å². The molecule has 1 saturated heterocycles. The van der Waals surface area contributed by atoms with Crippen molar-refractivity contribution in [1.29, 1.82) is 0 Å². The summed E-state index contributed by atoms with van der Waals surface area (Å²) in [6, 6.07) is 2.52. The molecule has 7 heteroatoms. The van der Waals surface area contributed by atoms with E-state index >= 15 is 0 Å². The number of rotatable bonds is 5. The topological polar surface area (TPSA) is 81.0 Å². The molecule has 1 fully saturated rings. The number of aliphatic carboxylic acids is 1. The van der Waals surface area contributed by atoms with Crippen molar-refractivity contribution in [3.8, 4) is 0 Å². The highest BCUT2D eigenvalue weighted by Crippen LogP contribution is 2.14. The molecule has 1 atom stereocenters. The number of amides is 1. The van der Waals surface area contributed by atoms with Gasteiger partial charge < -0.3 is 24.0 Å². The van der Waals surface area contributed by atoms with Crippen LogP contribution in [0.3, 0.4) is 0 Å². The standard InChI is InChI=1S/C13H18N2O5/c1-19-7-5-14-4-2-3-10(14)12(16)15-6-8-20-9-11(15)13(17)18/h2-4,11H,5-9H2,1H3,(H,17,18). The zero-order valence-corrected chi connectivity index (χ0v) is 11.3. The number of carboxylic acid groups (broad SMARTS) is 1. The van der Waals surface area contributed by atoms with Crippen molar-refractivity contribution in [1.82, 2.24) is 9.47 Å². The summed E-state index contributed by atoms with van der Waals surface area (Å²) in [4.78, 5) is 25.1. The van der Waals surface area contributed by atoms with E-state index < -0.39 is 12.0 Å². The first kappa shape index (κ1) is 14.5. The molecule has 0 radical (unpaired) electrons. The van der Waals surface area contributed by atoms with Gasteiger partial charge in [-0.1, -0.05) is 0 Å². The third-order valence-corrected chi connectivity index (χ3v) is 3.26. The quantitative estimate of drug-likeness (QED) is 0.826. The van der Waals surface area contributed by atoms with Crippen LogP contribution in [0.5, 0.6) is 0 Å². The molecule has 0 bridgehead atoms. The molecule has 0 aromatic carbocycles. The summed E-state index contributed by atoms with van der Waals surface area (Å²) in [5, 5.41) is 9.17. The molecule has 2 heterocycles. The minimum atomic E-state index is -1.05. The molecule has 1 aromatic rings. The Labute approximate surface area is 116 Å². The van der Waals surface area contributed by atoms with Gasteiger partial charge >= 0.3 is 5.97 Å². The highest BCUT2D eigenvalue weighted by atomic mass is 16.5. The lowest BCUT2D eigenvalue weighted by Gasteiger charge is -2.33. The molecule has 1 N–H and O–H groups in total. The van der Waals surface area contributed by atoms with E-state index in [9.17, 15) is 9.59 Å². The van der Waals surface area contributed by atoms with Crippen LogP contribution in [0.15, 0.2) is 18.3 Å². The van der Waals surface area contributed by atoms with E-state index in [-0.39, 0.29) is 19.1 Å². The number of methoxy groups -OCH3 is 1. The van der Waals surface area contributed by atoms with Crippen LogP contribution >= 0.6 is 0 Å². The third-order valence-electron chi connectivity index (χ3n) is 3.26. The van der Waals surface area contributed by atoms with Crippen LogP contribution in [0.2, 0.25) is 0 Å². The zero-order valence-electron chi connectivity index (χ0n) is 11.3. The fourth-order valence-corrected chi connectivity index (χ4v) is 2.19. The average molecular weight is 282 g/mol. The van der Waals surface area contributed by atoms with Gasteiger partial charge in [0, 0.05) is 26.4 Å². The first-order valence-corrected chi connectivity index (χ1v) is 6.40. The first-order valence-electron chi connectivity index (χ1n) is 6.40. The van der Waals surface area contributed by atoms with Gasteiger partial charge in [0.25, 0.3) is 5.91 Å². The lowest BCUT2D eigenvalue weighted by Crippen LogP contribution is -2.52. The molecule has 7 nitrogen and oxygen atoms in total. The van der Waals surface area contributed by atoms with Crippen LogP contribution in [0, 0.1) is 0 Å². The molecular weight excluding hydrogens is 264 g/mol. The maximum absolute atomic E-state index is 12.5.